The fourth-order valence-electron chi connectivity index (χ4n) is 1.70. The molecule has 0 aromatic carbocycles. The van der Waals surface area contributed by atoms with Crippen LogP contribution in [0.5, 0.6) is 0 Å². The number of hydrogen-bond acceptors (Lipinski definition) is 2. The molecule has 3 nitrogen and oxygen atoms in total. The number of rotatable bonds is 1. The largest absolute Gasteiger partial charge is 0.383 e. The Kier molecular flexibility index (Phi) is 1.23. The van der Waals surface area contributed by atoms with Crippen molar-refractivity contribution < 1.29 is 6.52 Å². The minimum atomic E-state index is -0.744. The first-order chi connectivity index (χ1) is 5.71. The van der Waals surface area contributed by atoms with Gasteiger partial charge in [-0.15, -0.1) is 0 Å². The number of H-pyrrole nitrogens is 1. The lowest BCUT2D eigenvalue weighted by molar-refractivity contribution is 0.0399. The SMILES string of the molecule is [2H]n1ccc(C2(O)CCCC2)n1. The van der Waals surface area contributed by atoms with E-state index in [9.17, 15) is 5.11 Å². The Bertz CT molecular complexity index is 278. The Labute approximate surface area is 66.9 Å². The van der Waals surface area contributed by atoms with Crippen LogP contribution in [0.25, 0.3) is 0 Å². The van der Waals surface area contributed by atoms with Crippen molar-refractivity contribution in [2.75, 3.05) is 0 Å². The standard InChI is InChI=1S/C8H12N2O/c11-8(4-1-2-5-8)7-3-6-9-10-7/h3,6,11H,1-2,4-5H2,(H,9,10)/i/hD. The summed E-state index contributed by atoms with van der Waals surface area (Å²) < 4.78 is 7.16. The number of aromatic amines is 1. The molecular weight excluding hydrogens is 140 g/mol. The van der Waals surface area contributed by atoms with Gasteiger partial charge in [0.05, 0.1) is 5.69 Å². The third-order valence-corrected chi connectivity index (χ3v) is 2.37. The molecule has 1 aliphatic rings. The topological polar surface area (TPSA) is 48.9 Å². The predicted molar refractivity (Wildman–Crippen MR) is 41.0 cm³/mol. The van der Waals surface area contributed by atoms with Gasteiger partial charge >= 0.3 is 0 Å². The van der Waals surface area contributed by atoms with E-state index in [1.165, 1.54) is 0 Å². The summed E-state index contributed by atoms with van der Waals surface area (Å²) in [6.45, 7) is 0. The summed E-state index contributed by atoms with van der Waals surface area (Å²) in [5.74, 6) is 0. The first-order valence-electron chi connectivity index (χ1n) is 4.43. The van der Waals surface area contributed by atoms with Crippen LogP contribution in [-0.2, 0) is 5.60 Å². The zero-order chi connectivity index (χ0) is 8.60. The van der Waals surface area contributed by atoms with Gasteiger partial charge in [-0.25, -0.2) is 0 Å². The second-order valence-corrected chi connectivity index (χ2v) is 3.16. The summed E-state index contributed by atoms with van der Waals surface area (Å²) in [5.41, 5.74) is -0.0956. The fraction of sp³-hybridized carbons (Fsp3) is 0.625. The third-order valence-electron chi connectivity index (χ3n) is 2.37. The van der Waals surface area contributed by atoms with Gasteiger partial charge in [0.25, 0.3) is 0 Å². The van der Waals surface area contributed by atoms with Crippen LogP contribution < -0.4 is 0 Å². The summed E-state index contributed by atoms with van der Waals surface area (Å²) in [6, 6.07) is 1.72. The molecule has 11 heavy (non-hydrogen) atoms. The van der Waals surface area contributed by atoms with E-state index in [1.54, 1.807) is 12.3 Å². The van der Waals surface area contributed by atoms with Gasteiger partial charge in [-0.1, -0.05) is 12.8 Å². The molecule has 1 saturated carbocycles. The Balaban J connectivity index is 2.28. The highest BCUT2D eigenvalue weighted by atomic mass is 16.3. The van der Waals surface area contributed by atoms with Gasteiger partial charge in [-0.05, 0) is 18.9 Å². The lowest BCUT2D eigenvalue weighted by atomic mass is 9.99. The molecule has 2 rings (SSSR count). The van der Waals surface area contributed by atoms with Crippen LogP contribution in [0.15, 0.2) is 12.3 Å². The zero-order valence-electron chi connectivity index (χ0n) is 7.32. The fourth-order valence-corrected chi connectivity index (χ4v) is 1.70. The molecular formula is C8H12N2O. The van der Waals surface area contributed by atoms with Gasteiger partial charge in [0, 0.05) is 6.20 Å². The lowest BCUT2D eigenvalue weighted by Crippen LogP contribution is -2.21. The molecule has 0 aliphatic heterocycles. The molecule has 1 aliphatic carbocycles. The second-order valence-electron chi connectivity index (χ2n) is 3.16. The van der Waals surface area contributed by atoms with Crippen LogP contribution in [0.2, 0.25) is 1.41 Å². The number of aromatic nitrogens is 2. The Hall–Kier alpha value is -0.830. The van der Waals surface area contributed by atoms with E-state index in [0.29, 0.717) is 5.69 Å². The molecule has 60 valence electrons. The number of nitrogens with zero attached hydrogens (tertiary/aromatic N) is 1. The maximum atomic E-state index is 10.0. The highest BCUT2D eigenvalue weighted by Crippen LogP contribution is 2.36. The van der Waals surface area contributed by atoms with Crippen molar-refractivity contribution in [3.63, 3.8) is 0 Å². The van der Waals surface area contributed by atoms with Crippen molar-refractivity contribution in [2.24, 2.45) is 0 Å². The highest BCUT2D eigenvalue weighted by molar-refractivity contribution is 5.11. The first-order valence-corrected chi connectivity index (χ1v) is 3.98. The van der Waals surface area contributed by atoms with Crippen molar-refractivity contribution >= 4 is 0 Å². The second kappa shape index (κ2) is 2.34. The molecule has 0 atom stereocenters. The van der Waals surface area contributed by atoms with Gasteiger partial charge in [-0.3, -0.25) is 5.09 Å². The van der Waals surface area contributed by atoms with Crippen molar-refractivity contribution in [3.05, 3.63) is 18.0 Å². The summed E-state index contributed by atoms with van der Waals surface area (Å²) in [6.07, 6.45) is 5.22. The normalized spacial score (nSPS) is 23.5. The average molecular weight is 153 g/mol. The molecule has 0 bridgehead atoms. The molecule has 0 unspecified atom stereocenters. The van der Waals surface area contributed by atoms with Crippen molar-refractivity contribution in [1.82, 2.24) is 10.2 Å². The van der Waals surface area contributed by atoms with Crippen LogP contribution in [0.4, 0.5) is 0 Å². The van der Waals surface area contributed by atoms with E-state index in [-0.39, 0.29) is 0 Å². The molecule has 1 aromatic heterocycles. The maximum absolute atomic E-state index is 10.0. The van der Waals surface area contributed by atoms with Gasteiger partial charge in [0.2, 0.25) is 0 Å². The van der Waals surface area contributed by atoms with E-state index < -0.39 is 5.60 Å². The first kappa shape index (κ1) is 5.77. The smallest absolute Gasteiger partial charge is 0.189 e. The van der Waals surface area contributed by atoms with E-state index >= 15 is 0 Å². The maximum Gasteiger partial charge on any atom is 0.189 e. The summed E-state index contributed by atoms with van der Waals surface area (Å²) >= 11 is 0. The Morgan fingerprint density at radius 3 is 2.91 bits per heavy atom. The Morgan fingerprint density at radius 2 is 2.36 bits per heavy atom. The molecule has 2 N–H and O–H groups in total. The predicted octanol–water partition coefficient (Wildman–Crippen LogP) is 1.17. The quantitative estimate of drug-likeness (QED) is 0.636. The van der Waals surface area contributed by atoms with Crippen molar-refractivity contribution in [1.29, 1.82) is 0 Å². The van der Waals surface area contributed by atoms with E-state index in [0.717, 1.165) is 30.8 Å². The zero-order valence-corrected chi connectivity index (χ0v) is 6.32. The number of hydrogen-bond donors (Lipinski definition) is 2. The molecule has 0 spiro atoms. The molecule has 1 aromatic rings. The molecule has 0 amide bonds. The number of aliphatic hydroxyl groups is 1. The molecule has 1 fully saturated rings. The van der Waals surface area contributed by atoms with Crippen LogP contribution in [-0.4, -0.2) is 15.3 Å². The molecule has 0 radical (unpaired) electrons. The number of nitrogens with one attached hydrogen (secondary N) is 1. The van der Waals surface area contributed by atoms with Gasteiger partial charge < -0.3 is 5.11 Å². The monoisotopic (exact) mass is 153 g/mol. The third kappa shape index (κ3) is 1.05. The van der Waals surface area contributed by atoms with Gasteiger partial charge in [0.15, 0.2) is 1.41 Å². The summed E-state index contributed by atoms with van der Waals surface area (Å²) in [4.78, 5) is 0. The minimum Gasteiger partial charge on any atom is -0.383 e. The molecule has 3 heteroatoms. The van der Waals surface area contributed by atoms with Gasteiger partial charge in [0.1, 0.15) is 5.60 Å². The highest BCUT2D eigenvalue weighted by Gasteiger charge is 2.34. The lowest BCUT2D eigenvalue weighted by Gasteiger charge is -2.18. The minimum absolute atomic E-state index is 0.648. The average Bonchev–Trinajstić information content (AvgIpc) is 2.59. The van der Waals surface area contributed by atoms with Crippen LogP contribution in [0, 0.1) is 0 Å². The van der Waals surface area contributed by atoms with Gasteiger partial charge in [-0.2, -0.15) is 5.10 Å². The van der Waals surface area contributed by atoms with Crippen LogP contribution in [0.3, 0.4) is 0 Å². The van der Waals surface area contributed by atoms with E-state index in [1.807, 2.05) is 0 Å². The summed E-state index contributed by atoms with van der Waals surface area (Å²) in [5, 5.41) is 14.9. The van der Waals surface area contributed by atoms with Crippen molar-refractivity contribution in [2.45, 2.75) is 31.3 Å². The van der Waals surface area contributed by atoms with Crippen molar-refractivity contribution in [3.8, 4) is 0 Å². The molecule has 1 heterocycles. The van der Waals surface area contributed by atoms with Crippen LogP contribution >= 0.6 is 0 Å². The summed E-state index contributed by atoms with van der Waals surface area (Å²) in [7, 11) is 0. The molecule has 0 saturated heterocycles. The van der Waals surface area contributed by atoms with E-state index in [4.69, 9.17) is 1.41 Å². The van der Waals surface area contributed by atoms with Crippen LogP contribution in [0.1, 0.15) is 31.4 Å². The Morgan fingerprint density at radius 1 is 1.64 bits per heavy atom. The van der Waals surface area contributed by atoms with E-state index in [2.05, 4.69) is 5.10 Å².